The van der Waals surface area contributed by atoms with Gasteiger partial charge in [-0.2, -0.15) is 0 Å². The highest BCUT2D eigenvalue weighted by Crippen LogP contribution is 2.15. The molecule has 1 rings (SSSR count). The molecule has 15 heavy (non-hydrogen) atoms. The average Bonchev–Trinajstić information content (AvgIpc) is 2.63. The molecular weight excluding hydrogens is 196 g/mol. The first-order valence-electron chi connectivity index (χ1n) is 5.30. The van der Waals surface area contributed by atoms with Crippen molar-refractivity contribution >= 4 is 5.91 Å². The highest BCUT2D eigenvalue weighted by Gasteiger charge is 2.30. The predicted octanol–water partition coefficient (Wildman–Crippen LogP) is -1.03. The molecule has 0 aromatic heterocycles. The number of amides is 1. The van der Waals surface area contributed by atoms with Crippen molar-refractivity contribution in [2.24, 2.45) is 11.8 Å². The fourth-order valence-corrected chi connectivity index (χ4v) is 1.81. The molecule has 5 heteroatoms. The topological polar surface area (TPSA) is 70.6 Å². The molecule has 0 spiro atoms. The summed E-state index contributed by atoms with van der Waals surface area (Å²) in [5, 5.41) is 15.0. The number of hydrogen-bond acceptors (Lipinski definition) is 4. The standard InChI is InChI=1S/C10H20N2O3/c1-7-3-11-4-9(7)10(14)12-8(5-13)6-15-2/h7-9,11,13H,3-6H2,1-2H3,(H,12,14). The molecule has 1 heterocycles. The summed E-state index contributed by atoms with van der Waals surface area (Å²) < 4.78 is 4.89. The smallest absolute Gasteiger partial charge is 0.225 e. The highest BCUT2D eigenvalue weighted by molar-refractivity contribution is 5.79. The van der Waals surface area contributed by atoms with Crippen LogP contribution in [0.4, 0.5) is 0 Å². The van der Waals surface area contributed by atoms with Crippen molar-refractivity contribution in [3.8, 4) is 0 Å². The minimum absolute atomic E-state index is 0.00333. The van der Waals surface area contributed by atoms with E-state index in [4.69, 9.17) is 9.84 Å². The highest BCUT2D eigenvalue weighted by atomic mass is 16.5. The molecule has 0 saturated carbocycles. The van der Waals surface area contributed by atoms with Gasteiger partial charge in [-0.25, -0.2) is 0 Å². The van der Waals surface area contributed by atoms with Crippen molar-refractivity contribution in [1.29, 1.82) is 0 Å². The average molecular weight is 216 g/mol. The number of nitrogens with one attached hydrogen (secondary N) is 2. The summed E-state index contributed by atoms with van der Waals surface area (Å²) in [5.74, 6) is 0.367. The Kier molecular flexibility index (Phi) is 5.01. The van der Waals surface area contributed by atoms with E-state index in [1.807, 2.05) is 0 Å². The molecule has 3 atom stereocenters. The number of aliphatic hydroxyl groups excluding tert-OH is 1. The van der Waals surface area contributed by atoms with Crippen molar-refractivity contribution in [2.75, 3.05) is 33.4 Å². The molecule has 0 bridgehead atoms. The van der Waals surface area contributed by atoms with Gasteiger partial charge in [0, 0.05) is 13.7 Å². The maximum absolute atomic E-state index is 11.8. The SMILES string of the molecule is COCC(CO)NC(=O)C1CNCC1C. The van der Waals surface area contributed by atoms with E-state index in [-0.39, 0.29) is 24.5 Å². The Bertz CT molecular complexity index is 211. The Hall–Kier alpha value is -0.650. The molecule has 88 valence electrons. The second-order valence-corrected chi connectivity index (χ2v) is 4.09. The number of hydrogen-bond donors (Lipinski definition) is 3. The van der Waals surface area contributed by atoms with Crippen molar-refractivity contribution in [2.45, 2.75) is 13.0 Å². The predicted molar refractivity (Wildman–Crippen MR) is 56.4 cm³/mol. The first-order chi connectivity index (χ1) is 7.19. The molecule has 0 radical (unpaired) electrons. The van der Waals surface area contributed by atoms with E-state index < -0.39 is 0 Å². The first kappa shape index (κ1) is 12.4. The third-order valence-corrected chi connectivity index (χ3v) is 2.79. The zero-order valence-corrected chi connectivity index (χ0v) is 9.32. The quantitative estimate of drug-likeness (QED) is 0.549. The molecule has 3 N–H and O–H groups in total. The molecule has 0 aromatic rings. The lowest BCUT2D eigenvalue weighted by Crippen LogP contribution is -2.45. The van der Waals surface area contributed by atoms with Crippen LogP contribution in [-0.2, 0) is 9.53 Å². The zero-order valence-electron chi connectivity index (χ0n) is 9.32. The summed E-state index contributed by atoms with van der Waals surface area (Å²) in [4.78, 5) is 11.8. The summed E-state index contributed by atoms with van der Waals surface area (Å²) in [6, 6.07) is -0.296. The molecule has 0 aromatic carbocycles. The van der Waals surface area contributed by atoms with Crippen LogP contribution in [0.2, 0.25) is 0 Å². The Labute approximate surface area is 90.2 Å². The minimum atomic E-state index is -0.296. The van der Waals surface area contributed by atoms with Crippen LogP contribution < -0.4 is 10.6 Å². The van der Waals surface area contributed by atoms with E-state index >= 15 is 0 Å². The molecule has 1 aliphatic heterocycles. The third kappa shape index (κ3) is 3.44. The summed E-state index contributed by atoms with van der Waals surface area (Å²) in [7, 11) is 1.55. The van der Waals surface area contributed by atoms with Crippen LogP contribution in [0.15, 0.2) is 0 Å². The van der Waals surface area contributed by atoms with E-state index in [1.165, 1.54) is 0 Å². The van der Waals surface area contributed by atoms with Crippen LogP contribution >= 0.6 is 0 Å². The number of aliphatic hydroxyl groups is 1. The number of carbonyl (C=O) groups is 1. The lowest BCUT2D eigenvalue weighted by molar-refractivity contribution is -0.126. The third-order valence-electron chi connectivity index (χ3n) is 2.79. The van der Waals surface area contributed by atoms with Crippen molar-refractivity contribution in [3.05, 3.63) is 0 Å². The van der Waals surface area contributed by atoms with Gasteiger partial charge < -0.3 is 20.5 Å². The minimum Gasteiger partial charge on any atom is -0.394 e. The van der Waals surface area contributed by atoms with E-state index in [2.05, 4.69) is 17.6 Å². The summed E-state index contributed by atoms with van der Waals surface area (Å²) in [5.41, 5.74) is 0. The molecule has 1 amide bonds. The van der Waals surface area contributed by atoms with Gasteiger partial charge in [-0.1, -0.05) is 6.92 Å². The molecule has 0 aliphatic carbocycles. The zero-order chi connectivity index (χ0) is 11.3. The van der Waals surface area contributed by atoms with Gasteiger partial charge in [0.15, 0.2) is 0 Å². The van der Waals surface area contributed by atoms with Gasteiger partial charge >= 0.3 is 0 Å². The molecule has 1 aliphatic rings. The molecular formula is C10H20N2O3. The van der Waals surface area contributed by atoms with Crippen LogP contribution in [0.25, 0.3) is 0 Å². The number of ether oxygens (including phenoxy) is 1. The van der Waals surface area contributed by atoms with Crippen molar-refractivity contribution in [1.82, 2.24) is 10.6 Å². The Morgan fingerprint density at radius 2 is 2.40 bits per heavy atom. The second-order valence-electron chi connectivity index (χ2n) is 4.09. The molecule has 1 saturated heterocycles. The maximum atomic E-state index is 11.8. The Balaban J connectivity index is 2.39. The monoisotopic (exact) mass is 216 g/mol. The van der Waals surface area contributed by atoms with Crippen LogP contribution in [0, 0.1) is 11.8 Å². The Morgan fingerprint density at radius 1 is 1.67 bits per heavy atom. The van der Waals surface area contributed by atoms with Crippen LogP contribution in [-0.4, -0.2) is 50.5 Å². The Morgan fingerprint density at radius 3 is 2.87 bits per heavy atom. The fourth-order valence-electron chi connectivity index (χ4n) is 1.81. The van der Waals surface area contributed by atoms with Gasteiger partial charge in [0.25, 0.3) is 0 Å². The molecule has 1 fully saturated rings. The molecule has 3 unspecified atom stereocenters. The van der Waals surface area contributed by atoms with E-state index in [0.29, 0.717) is 12.5 Å². The number of rotatable bonds is 5. The van der Waals surface area contributed by atoms with E-state index in [1.54, 1.807) is 7.11 Å². The molecule has 5 nitrogen and oxygen atoms in total. The van der Waals surface area contributed by atoms with Gasteiger partial charge in [-0.05, 0) is 12.5 Å². The van der Waals surface area contributed by atoms with Gasteiger partial charge in [0.2, 0.25) is 5.91 Å². The summed E-state index contributed by atoms with van der Waals surface area (Å²) in [6.07, 6.45) is 0. The second kappa shape index (κ2) is 6.05. The van der Waals surface area contributed by atoms with Gasteiger partial charge in [0.05, 0.1) is 25.2 Å². The van der Waals surface area contributed by atoms with Gasteiger partial charge in [0.1, 0.15) is 0 Å². The lowest BCUT2D eigenvalue weighted by atomic mass is 9.97. The maximum Gasteiger partial charge on any atom is 0.225 e. The van der Waals surface area contributed by atoms with Gasteiger partial charge in [-0.15, -0.1) is 0 Å². The van der Waals surface area contributed by atoms with Crippen molar-refractivity contribution < 1.29 is 14.6 Å². The van der Waals surface area contributed by atoms with E-state index in [9.17, 15) is 4.79 Å². The summed E-state index contributed by atoms with van der Waals surface area (Å²) in [6.45, 7) is 3.91. The summed E-state index contributed by atoms with van der Waals surface area (Å²) >= 11 is 0. The number of carbonyl (C=O) groups excluding carboxylic acids is 1. The lowest BCUT2D eigenvalue weighted by Gasteiger charge is -2.19. The first-order valence-corrected chi connectivity index (χ1v) is 5.30. The van der Waals surface area contributed by atoms with Crippen LogP contribution in [0.1, 0.15) is 6.92 Å². The van der Waals surface area contributed by atoms with Crippen LogP contribution in [0.5, 0.6) is 0 Å². The van der Waals surface area contributed by atoms with Gasteiger partial charge in [-0.3, -0.25) is 4.79 Å². The normalized spacial score (nSPS) is 27.7. The fraction of sp³-hybridized carbons (Fsp3) is 0.900. The largest absolute Gasteiger partial charge is 0.394 e. The van der Waals surface area contributed by atoms with E-state index in [0.717, 1.165) is 13.1 Å². The van der Waals surface area contributed by atoms with Crippen LogP contribution in [0.3, 0.4) is 0 Å². The number of methoxy groups -OCH3 is 1. The van der Waals surface area contributed by atoms with Crippen molar-refractivity contribution in [3.63, 3.8) is 0 Å².